The molecule has 0 spiro atoms. The van der Waals surface area contributed by atoms with Gasteiger partial charge in [-0.3, -0.25) is 9.59 Å². The molecule has 2 aliphatic carbocycles. The van der Waals surface area contributed by atoms with Crippen molar-refractivity contribution in [2.45, 2.75) is 44.4 Å². The number of nitrogens with one attached hydrogen (secondary N) is 1. The lowest BCUT2D eigenvalue weighted by Gasteiger charge is -2.37. The summed E-state index contributed by atoms with van der Waals surface area (Å²) in [7, 11) is 0. The van der Waals surface area contributed by atoms with Crippen LogP contribution in [-0.2, 0) is 9.59 Å². The molecule has 1 aromatic carbocycles. The molecule has 1 aromatic rings. The zero-order chi connectivity index (χ0) is 17.7. The van der Waals surface area contributed by atoms with E-state index in [4.69, 9.17) is 0 Å². The van der Waals surface area contributed by atoms with Gasteiger partial charge in [0.05, 0.1) is 4.47 Å². The van der Waals surface area contributed by atoms with E-state index in [2.05, 4.69) is 37.2 Å². The van der Waals surface area contributed by atoms with Crippen molar-refractivity contribution < 1.29 is 14.7 Å². The van der Waals surface area contributed by atoms with Crippen molar-refractivity contribution in [2.24, 2.45) is 0 Å². The molecule has 0 saturated heterocycles. The van der Waals surface area contributed by atoms with Gasteiger partial charge in [0.1, 0.15) is 5.75 Å². The van der Waals surface area contributed by atoms with Crippen LogP contribution in [0.25, 0.3) is 0 Å². The van der Waals surface area contributed by atoms with Crippen molar-refractivity contribution in [3.63, 3.8) is 0 Å². The van der Waals surface area contributed by atoms with Gasteiger partial charge < -0.3 is 10.4 Å². The van der Waals surface area contributed by atoms with E-state index >= 15 is 0 Å². The first-order valence-corrected chi connectivity index (χ1v) is 10.0. The fourth-order valence-corrected chi connectivity index (χ4v) is 5.36. The van der Waals surface area contributed by atoms with Gasteiger partial charge in [-0.1, -0.05) is 15.9 Å². The second kappa shape index (κ2) is 6.40. The molecule has 4 nitrogen and oxygen atoms in total. The number of benzene rings is 1. The highest BCUT2D eigenvalue weighted by Crippen LogP contribution is 2.49. The highest BCUT2D eigenvalue weighted by molar-refractivity contribution is 9.11. The molecular weight excluding hydrogens is 450 g/mol. The Morgan fingerprint density at radius 2 is 1.48 bits per heavy atom. The van der Waals surface area contributed by atoms with Gasteiger partial charge >= 0.3 is 0 Å². The number of dihydropyridines is 1. The predicted octanol–water partition coefficient (Wildman–Crippen LogP) is 4.62. The molecule has 0 amide bonds. The maximum atomic E-state index is 12.7. The number of carbonyl (C=O) groups is 2. The zero-order valence-corrected chi connectivity index (χ0v) is 16.7. The second-order valence-corrected chi connectivity index (χ2v) is 8.49. The Balaban J connectivity index is 1.98. The number of Topliss-reactive ketones (excluding diaryl/α,β-unsaturated/α-hetero) is 2. The molecule has 25 heavy (non-hydrogen) atoms. The number of rotatable bonds is 1. The first-order valence-electron chi connectivity index (χ1n) is 8.44. The normalized spacial score (nSPS) is 21.2. The van der Waals surface area contributed by atoms with Crippen LogP contribution in [0.1, 0.15) is 50.0 Å². The van der Waals surface area contributed by atoms with Crippen LogP contribution in [0.15, 0.2) is 43.6 Å². The number of halogens is 2. The van der Waals surface area contributed by atoms with E-state index < -0.39 is 5.92 Å². The van der Waals surface area contributed by atoms with Gasteiger partial charge in [-0.25, -0.2) is 0 Å². The molecule has 3 aliphatic rings. The van der Waals surface area contributed by atoms with Crippen LogP contribution < -0.4 is 5.32 Å². The summed E-state index contributed by atoms with van der Waals surface area (Å²) in [5.74, 6) is -0.260. The molecule has 0 aromatic heterocycles. The van der Waals surface area contributed by atoms with E-state index in [1.165, 1.54) is 0 Å². The second-order valence-electron chi connectivity index (χ2n) is 6.72. The number of hydrogen-bond donors (Lipinski definition) is 2. The third kappa shape index (κ3) is 2.79. The fourth-order valence-electron chi connectivity index (χ4n) is 4.10. The van der Waals surface area contributed by atoms with Gasteiger partial charge in [0, 0.05) is 51.3 Å². The highest BCUT2D eigenvalue weighted by Gasteiger charge is 2.41. The van der Waals surface area contributed by atoms with Gasteiger partial charge in [0.15, 0.2) is 11.6 Å². The first kappa shape index (κ1) is 17.0. The van der Waals surface area contributed by atoms with Crippen molar-refractivity contribution in [3.8, 4) is 5.75 Å². The largest absolute Gasteiger partial charge is 0.506 e. The maximum absolute atomic E-state index is 12.7. The van der Waals surface area contributed by atoms with E-state index in [-0.39, 0.29) is 17.3 Å². The van der Waals surface area contributed by atoms with E-state index in [9.17, 15) is 14.7 Å². The summed E-state index contributed by atoms with van der Waals surface area (Å²) in [4.78, 5) is 25.5. The zero-order valence-electron chi connectivity index (χ0n) is 13.5. The summed E-state index contributed by atoms with van der Waals surface area (Å²) in [5.41, 5.74) is 3.75. The van der Waals surface area contributed by atoms with E-state index in [1.807, 2.05) is 6.07 Å². The lowest BCUT2D eigenvalue weighted by atomic mass is 9.71. The van der Waals surface area contributed by atoms with Gasteiger partial charge in [0.25, 0.3) is 0 Å². The van der Waals surface area contributed by atoms with Crippen LogP contribution in [-0.4, -0.2) is 16.7 Å². The molecule has 1 aliphatic heterocycles. The number of aromatic hydroxyl groups is 1. The van der Waals surface area contributed by atoms with Crippen molar-refractivity contribution in [3.05, 3.63) is 49.2 Å². The summed E-state index contributed by atoms with van der Waals surface area (Å²) in [5, 5.41) is 14.1. The maximum Gasteiger partial charge on any atom is 0.161 e. The summed E-state index contributed by atoms with van der Waals surface area (Å²) in [6, 6.07) is 3.57. The SMILES string of the molecule is O=C1CCCC2=C1C(c1cc(Br)cc(Br)c1O)C1=C(CCCC1=O)N2. The van der Waals surface area contributed by atoms with Crippen molar-refractivity contribution >= 4 is 43.4 Å². The molecule has 0 fully saturated rings. The minimum absolute atomic E-state index is 0.0687. The monoisotopic (exact) mass is 465 g/mol. The molecule has 1 heterocycles. The van der Waals surface area contributed by atoms with Gasteiger partial charge in [-0.05, 0) is 53.7 Å². The Labute approximate surface area is 162 Å². The van der Waals surface area contributed by atoms with Crippen molar-refractivity contribution in [1.82, 2.24) is 5.32 Å². The van der Waals surface area contributed by atoms with Gasteiger partial charge in [-0.2, -0.15) is 0 Å². The van der Waals surface area contributed by atoms with E-state index in [0.717, 1.165) is 41.6 Å². The number of phenols is 1. The Morgan fingerprint density at radius 3 is 2.04 bits per heavy atom. The number of carbonyl (C=O) groups excluding carboxylic acids is 2. The van der Waals surface area contributed by atoms with E-state index in [1.54, 1.807) is 6.07 Å². The highest BCUT2D eigenvalue weighted by atomic mass is 79.9. The lowest BCUT2D eigenvalue weighted by Crippen LogP contribution is -2.36. The molecule has 4 rings (SSSR count). The molecule has 0 unspecified atom stereocenters. The number of ketones is 2. The molecule has 0 atom stereocenters. The minimum atomic E-state index is -0.486. The topological polar surface area (TPSA) is 66.4 Å². The third-order valence-electron chi connectivity index (χ3n) is 5.16. The quantitative estimate of drug-likeness (QED) is 0.633. The Kier molecular flexibility index (Phi) is 4.36. The van der Waals surface area contributed by atoms with Gasteiger partial charge in [0.2, 0.25) is 0 Å². The van der Waals surface area contributed by atoms with Gasteiger partial charge in [-0.15, -0.1) is 0 Å². The molecule has 130 valence electrons. The molecule has 0 saturated carbocycles. The fraction of sp³-hybridized carbons (Fsp3) is 0.368. The number of hydrogen-bond acceptors (Lipinski definition) is 4. The Bertz CT molecular complexity index is 828. The van der Waals surface area contributed by atoms with Crippen LogP contribution in [0.3, 0.4) is 0 Å². The van der Waals surface area contributed by atoms with E-state index in [0.29, 0.717) is 34.0 Å². The molecule has 2 N–H and O–H groups in total. The van der Waals surface area contributed by atoms with Crippen LogP contribution in [0, 0.1) is 0 Å². The third-order valence-corrected chi connectivity index (χ3v) is 6.22. The van der Waals surface area contributed by atoms with Crippen LogP contribution >= 0.6 is 31.9 Å². The number of phenolic OH excluding ortho intramolecular Hbond substituents is 1. The molecule has 0 bridgehead atoms. The first-order chi connectivity index (χ1) is 12.0. The number of allylic oxidation sites excluding steroid dienone is 4. The lowest BCUT2D eigenvalue weighted by molar-refractivity contribution is -0.116. The Morgan fingerprint density at radius 1 is 0.920 bits per heavy atom. The minimum Gasteiger partial charge on any atom is -0.506 e. The van der Waals surface area contributed by atoms with Crippen LogP contribution in [0.2, 0.25) is 0 Å². The van der Waals surface area contributed by atoms with Crippen LogP contribution in [0.5, 0.6) is 5.75 Å². The standard InChI is InChI=1S/C19H17Br2NO3/c20-9-7-10(19(25)11(21)8-9)16-17-12(3-1-5-14(17)23)22-13-4-2-6-15(24)18(13)16/h7-8,16,22,25H,1-6H2. The molecule has 6 heteroatoms. The molecule has 0 radical (unpaired) electrons. The smallest absolute Gasteiger partial charge is 0.161 e. The Hall–Kier alpha value is -1.40. The average Bonchev–Trinajstić information content (AvgIpc) is 2.57. The van der Waals surface area contributed by atoms with Crippen molar-refractivity contribution in [2.75, 3.05) is 0 Å². The average molecular weight is 467 g/mol. The summed E-state index contributed by atoms with van der Waals surface area (Å²) in [6.07, 6.45) is 4.23. The summed E-state index contributed by atoms with van der Waals surface area (Å²) in [6.45, 7) is 0. The predicted molar refractivity (Wildman–Crippen MR) is 101 cm³/mol. The summed E-state index contributed by atoms with van der Waals surface area (Å²) < 4.78 is 1.34. The summed E-state index contributed by atoms with van der Waals surface area (Å²) >= 11 is 6.83. The van der Waals surface area contributed by atoms with Crippen LogP contribution in [0.4, 0.5) is 0 Å². The molecular formula is C19H17Br2NO3. The van der Waals surface area contributed by atoms with Crippen molar-refractivity contribution in [1.29, 1.82) is 0 Å².